The number of nitrogens with one attached hydrogen (secondary N) is 1. The predicted molar refractivity (Wildman–Crippen MR) is 101 cm³/mol. The summed E-state index contributed by atoms with van der Waals surface area (Å²) in [7, 11) is 0. The summed E-state index contributed by atoms with van der Waals surface area (Å²) in [5, 5.41) is 14.2. The Morgan fingerprint density at radius 1 is 1.23 bits per heavy atom. The van der Waals surface area contributed by atoms with E-state index in [1.54, 1.807) is 32.9 Å². The molecule has 2 N–H and O–H groups in total. The van der Waals surface area contributed by atoms with Gasteiger partial charge in [-0.3, -0.25) is 10.3 Å². The molecule has 1 amide bonds. The topological polar surface area (TPSA) is 71.5 Å². The average molecular weight is 375 g/mol. The molecule has 138 valence electrons. The van der Waals surface area contributed by atoms with Crippen LogP contribution in [0.5, 0.6) is 0 Å². The van der Waals surface area contributed by atoms with Gasteiger partial charge in [-0.05, 0) is 63.4 Å². The van der Waals surface area contributed by atoms with Crippen molar-refractivity contribution >= 4 is 23.4 Å². The summed E-state index contributed by atoms with van der Waals surface area (Å²) >= 11 is 5.96. The van der Waals surface area contributed by atoms with Crippen LogP contribution in [0.15, 0.2) is 42.6 Å². The van der Waals surface area contributed by atoms with Crippen LogP contribution in [0.25, 0.3) is 0 Å². The number of pyridine rings is 1. The zero-order valence-electron chi connectivity index (χ0n) is 15.1. The SMILES string of the molecule is CC(C)(C)OC(=O)Nc1ccc(C(O)C2(c3ccc(Cl)cc3)CC2)nc1. The van der Waals surface area contributed by atoms with Crippen LogP contribution in [0.4, 0.5) is 10.5 Å². The summed E-state index contributed by atoms with van der Waals surface area (Å²) in [5.41, 5.74) is 1.29. The van der Waals surface area contributed by atoms with Gasteiger partial charge in [-0.25, -0.2) is 4.79 Å². The molecular weight excluding hydrogens is 352 g/mol. The minimum absolute atomic E-state index is 0.308. The van der Waals surface area contributed by atoms with Crippen LogP contribution in [0, 0.1) is 0 Å². The fourth-order valence-corrected chi connectivity index (χ4v) is 3.11. The van der Waals surface area contributed by atoms with Gasteiger partial charge in [-0.2, -0.15) is 0 Å². The van der Waals surface area contributed by atoms with Crippen molar-refractivity contribution in [1.29, 1.82) is 0 Å². The first-order valence-corrected chi connectivity index (χ1v) is 8.97. The summed E-state index contributed by atoms with van der Waals surface area (Å²) in [5.74, 6) is 0. The highest BCUT2D eigenvalue weighted by molar-refractivity contribution is 6.30. The van der Waals surface area contributed by atoms with E-state index in [2.05, 4.69) is 10.3 Å². The van der Waals surface area contributed by atoms with Crippen LogP contribution in [-0.2, 0) is 10.2 Å². The number of rotatable bonds is 4. The van der Waals surface area contributed by atoms with Crippen LogP contribution >= 0.6 is 11.6 Å². The largest absolute Gasteiger partial charge is 0.444 e. The van der Waals surface area contributed by atoms with Crippen molar-refractivity contribution in [1.82, 2.24) is 4.98 Å². The number of carbonyl (C=O) groups excluding carboxylic acids is 1. The van der Waals surface area contributed by atoms with E-state index in [1.807, 2.05) is 24.3 Å². The minimum Gasteiger partial charge on any atom is -0.444 e. The Morgan fingerprint density at radius 3 is 2.38 bits per heavy atom. The predicted octanol–water partition coefficient (Wildman–Crippen LogP) is 4.85. The lowest BCUT2D eigenvalue weighted by Crippen LogP contribution is -2.27. The minimum atomic E-state index is -0.709. The Labute approximate surface area is 158 Å². The van der Waals surface area contributed by atoms with Gasteiger partial charge < -0.3 is 9.84 Å². The van der Waals surface area contributed by atoms with Gasteiger partial charge in [0, 0.05) is 10.4 Å². The Kier molecular flexibility index (Phi) is 4.95. The number of anilines is 1. The highest BCUT2D eigenvalue weighted by Gasteiger charge is 2.51. The summed E-state index contributed by atoms with van der Waals surface area (Å²) in [6, 6.07) is 11.0. The van der Waals surface area contributed by atoms with Gasteiger partial charge in [0.2, 0.25) is 0 Å². The Hall–Kier alpha value is -2.11. The molecule has 6 heteroatoms. The first-order valence-electron chi connectivity index (χ1n) is 8.60. The summed E-state index contributed by atoms with van der Waals surface area (Å²) < 4.78 is 5.21. The second-order valence-corrected chi connectivity index (χ2v) is 8.10. The second-order valence-electron chi connectivity index (χ2n) is 7.66. The van der Waals surface area contributed by atoms with Crippen LogP contribution in [0.1, 0.15) is 51.0 Å². The Morgan fingerprint density at radius 2 is 1.88 bits per heavy atom. The molecule has 0 saturated heterocycles. The van der Waals surface area contributed by atoms with E-state index in [0.717, 1.165) is 18.4 Å². The van der Waals surface area contributed by atoms with E-state index >= 15 is 0 Å². The lowest BCUT2D eigenvalue weighted by Gasteiger charge is -2.23. The van der Waals surface area contributed by atoms with Gasteiger partial charge >= 0.3 is 6.09 Å². The van der Waals surface area contributed by atoms with Gasteiger partial charge in [-0.15, -0.1) is 0 Å². The number of aliphatic hydroxyl groups excluding tert-OH is 1. The average Bonchev–Trinajstić information content (AvgIpc) is 3.35. The molecule has 0 aliphatic heterocycles. The number of ether oxygens (including phenoxy) is 1. The fraction of sp³-hybridized carbons (Fsp3) is 0.400. The van der Waals surface area contributed by atoms with Crippen LogP contribution < -0.4 is 5.32 Å². The Bertz CT molecular complexity index is 778. The first kappa shape index (κ1) is 18.7. The number of nitrogens with zero attached hydrogens (tertiary/aromatic N) is 1. The van der Waals surface area contributed by atoms with Crippen LogP contribution in [0.2, 0.25) is 5.02 Å². The van der Waals surface area contributed by atoms with Crippen molar-refractivity contribution in [3.63, 3.8) is 0 Å². The maximum absolute atomic E-state index is 11.8. The molecule has 0 radical (unpaired) electrons. The summed E-state index contributed by atoms with van der Waals surface area (Å²) in [6.45, 7) is 5.41. The second kappa shape index (κ2) is 6.89. The quantitative estimate of drug-likeness (QED) is 0.802. The molecular formula is C20H23ClN2O3. The number of hydrogen-bond acceptors (Lipinski definition) is 4. The lowest BCUT2D eigenvalue weighted by atomic mass is 9.88. The van der Waals surface area contributed by atoms with Gasteiger partial charge in [-0.1, -0.05) is 23.7 Å². The van der Waals surface area contributed by atoms with E-state index in [1.165, 1.54) is 6.20 Å². The van der Waals surface area contributed by atoms with E-state index < -0.39 is 17.8 Å². The molecule has 1 aromatic heterocycles. The van der Waals surface area contributed by atoms with Crippen molar-refractivity contribution < 1.29 is 14.6 Å². The maximum atomic E-state index is 11.8. The number of amides is 1. The Balaban J connectivity index is 1.70. The lowest BCUT2D eigenvalue weighted by molar-refractivity contribution is 0.0636. The third kappa shape index (κ3) is 4.17. The van der Waals surface area contributed by atoms with Crippen molar-refractivity contribution in [2.45, 2.75) is 50.7 Å². The molecule has 26 heavy (non-hydrogen) atoms. The maximum Gasteiger partial charge on any atom is 0.412 e. The standard InChI is InChI=1S/C20H23ClN2O3/c1-19(2,3)26-18(25)23-15-8-9-16(22-12-15)17(24)20(10-11-20)13-4-6-14(21)7-5-13/h4-9,12,17,24H,10-11H2,1-3H3,(H,23,25). The smallest absolute Gasteiger partial charge is 0.412 e. The number of aromatic nitrogens is 1. The van der Waals surface area contributed by atoms with E-state index in [0.29, 0.717) is 16.4 Å². The van der Waals surface area contributed by atoms with Gasteiger partial charge in [0.25, 0.3) is 0 Å². The van der Waals surface area contributed by atoms with Crippen LogP contribution in [0.3, 0.4) is 0 Å². The number of benzene rings is 1. The summed E-state index contributed by atoms with van der Waals surface area (Å²) in [6.07, 6.45) is 2.08. The molecule has 2 aromatic rings. The highest BCUT2D eigenvalue weighted by Crippen LogP contribution is 2.56. The molecule has 1 heterocycles. The number of hydrogen-bond donors (Lipinski definition) is 2. The highest BCUT2D eigenvalue weighted by atomic mass is 35.5. The molecule has 0 bridgehead atoms. The first-order chi connectivity index (χ1) is 12.2. The molecule has 3 rings (SSSR count). The van der Waals surface area contributed by atoms with E-state index in [-0.39, 0.29) is 5.41 Å². The molecule has 1 atom stereocenters. The zero-order valence-corrected chi connectivity index (χ0v) is 15.9. The molecule has 5 nitrogen and oxygen atoms in total. The van der Waals surface area contributed by atoms with Crippen molar-refractivity contribution in [2.24, 2.45) is 0 Å². The van der Waals surface area contributed by atoms with E-state index in [4.69, 9.17) is 16.3 Å². The third-order valence-electron chi connectivity index (χ3n) is 4.44. The molecule has 1 saturated carbocycles. The monoisotopic (exact) mass is 374 g/mol. The molecule has 0 spiro atoms. The van der Waals surface area contributed by atoms with E-state index in [9.17, 15) is 9.90 Å². The summed E-state index contributed by atoms with van der Waals surface area (Å²) in [4.78, 5) is 16.1. The third-order valence-corrected chi connectivity index (χ3v) is 4.70. The van der Waals surface area contributed by atoms with Crippen molar-refractivity contribution in [3.05, 3.63) is 58.9 Å². The molecule has 1 fully saturated rings. The van der Waals surface area contributed by atoms with Crippen molar-refractivity contribution in [3.8, 4) is 0 Å². The number of carbonyl (C=O) groups is 1. The fourth-order valence-electron chi connectivity index (χ4n) is 2.98. The zero-order chi connectivity index (χ0) is 18.9. The number of aliphatic hydroxyl groups is 1. The number of halogens is 1. The van der Waals surface area contributed by atoms with Gasteiger partial charge in [0.1, 0.15) is 11.7 Å². The van der Waals surface area contributed by atoms with Gasteiger partial charge in [0.15, 0.2) is 0 Å². The molecule has 1 aromatic carbocycles. The normalized spacial score (nSPS) is 16.7. The van der Waals surface area contributed by atoms with Crippen molar-refractivity contribution in [2.75, 3.05) is 5.32 Å². The molecule has 1 aliphatic carbocycles. The van der Waals surface area contributed by atoms with Crippen LogP contribution in [-0.4, -0.2) is 21.8 Å². The van der Waals surface area contributed by atoms with Gasteiger partial charge in [0.05, 0.1) is 17.6 Å². The molecule has 1 aliphatic rings. The molecule has 1 unspecified atom stereocenters.